The Balaban J connectivity index is 0.999. The average molecular weight is 1990 g/mol. The highest BCUT2D eigenvalue weighted by atomic mass is 31.2. The van der Waals surface area contributed by atoms with Crippen LogP contribution in [-0.4, -0.2) is 117 Å². The number of nitrogens with one attached hydrogen (secondary N) is 5. The minimum Gasteiger partial charge on any atom is -0.480 e. The number of carboxylic acids is 1. The van der Waals surface area contributed by atoms with Gasteiger partial charge in [-0.2, -0.15) is 4.98 Å². The highest BCUT2D eigenvalue weighted by molar-refractivity contribution is 7.47. The minimum absolute atomic E-state index is 0.00710. The Morgan fingerprint density at radius 2 is 0.858 bits per heavy atom. The fraction of sp³-hybridized carbons (Fsp3) is 0.692. The summed E-state index contributed by atoms with van der Waals surface area (Å²) in [6.07, 6.45) is 35.4. The summed E-state index contributed by atoms with van der Waals surface area (Å²) in [5.74, 6) is -4.05. The second kappa shape index (κ2) is 87.4. The van der Waals surface area contributed by atoms with Crippen molar-refractivity contribution in [2.24, 2.45) is 0 Å². The number of benzene rings is 1. The van der Waals surface area contributed by atoms with Crippen LogP contribution in [-0.2, 0) is 275 Å². The number of amides is 3. The van der Waals surface area contributed by atoms with Crippen molar-refractivity contribution in [1.82, 2.24) is 35.9 Å². The number of carboxylic acid groups (broad SMARTS) is 1. The van der Waals surface area contributed by atoms with E-state index in [-0.39, 0.29) is 61.4 Å². The molecule has 1 aromatic carbocycles. The van der Waals surface area contributed by atoms with Gasteiger partial charge in [-0.15, -0.1) is 0 Å². The molecule has 3 aromatic rings. The van der Waals surface area contributed by atoms with E-state index in [9.17, 15) is 48.1 Å². The maximum Gasteiger partial charge on any atom is 0.472 e. The van der Waals surface area contributed by atoms with Crippen molar-refractivity contribution in [3.8, 4) is 0 Å². The monoisotopic (exact) mass is 1990 g/mol. The molecule has 68 nitrogen and oxygen atoms in total. The van der Waals surface area contributed by atoms with Gasteiger partial charge in [0, 0.05) is 215 Å². The van der Waals surface area contributed by atoms with Gasteiger partial charge in [-0.3, -0.25) is 38.0 Å². The van der Waals surface area contributed by atoms with Gasteiger partial charge in [0.15, 0.2) is 17.3 Å². The Hall–Kier alpha value is -8.41. The Kier molecular flexibility index (Phi) is 78.1. The largest absolute Gasteiger partial charge is 0.480 e. The number of nitrogen functional groups attached to an aromatic ring is 1. The number of fused-ring (bicyclic) bond motifs is 1. The molecule has 2 aromatic heterocycles. The number of unbranched alkanes of at least 4 members (excludes halogenated alkanes) is 28. The molecule has 770 valence electrons. The second-order valence-electron chi connectivity index (χ2n) is 25.8. The normalized spacial score (nSPS) is 12.4. The van der Waals surface area contributed by atoms with Crippen LogP contribution in [0.3, 0.4) is 0 Å². The molecular formula is C65H106N9O59P. The van der Waals surface area contributed by atoms with E-state index in [1.54, 1.807) is 12.1 Å². The standard InChI is InChI=1S/C65H106N9O59P/c1-3-5-7-9-11-13-15-17-19-21-23-25-27-29-31-33-57(76)86-49-54(91-58(77)34-32-30-28-26-24-22-20-18-16-14-12-10-8-6-4-2)50-90-134(83,84)89-44-42-68-65(82)85-45-46-88-93-95-97-99-101-103-105-107-109-111-113-115-117-119-121-123-125-127-129-131-133-132-130-128-126-124-122-120-118-116-114-112-110-108-106-104-102-100-98-96-94-92-87-43-41-67-56(75)40-39-55(63(80)81)72-61(78)51-35-37-52(38-36-51)69-47-53-48-70-60-59(71-53)62(79)74-64(66)73-60/h35-38,41,43,48,54-55,69H,3-34,39-40,42,44-47,49-50H2,1-2H3,(H,67,75)(H,68,82)(H,72,78)(H,80,81)(H,83,84)(H3,66,70,73,74,79)/b43-41-/t54-,55+/m1/s1. The molecule has 0 bridgehead atoms. The number of aromatic amines is 1. The first-order valence-corrected chi connectivity index (χ1v) is 42.1. The molecule has 3 amide bonds. The molecule has 3 atom stereocenters. The smallest absolute Gasteiger partial charge is 0.472 e. The third-order valence-electron chi connectivity index (χ3n) is 16.1. The zero-order chi connectivity index (χ0) is 96.4. The van der Waals surface area contributed by atoms with Gasteiger partial charge in [0.2, 0.25) is 11.9 Å². The number of H-pyrrole nitrogens is 1. The number of phosphoric ester groups is 1. The Bertz CT molecular complexity index is 3520. The maximum atomic E-state index is 12.9. The fourth-order valence-corrected chi connectivity index (χ4v) is 10.9. The van der Waals surface area contributed by atoms with Crippen LogP contribution in [0.25, 0.3) is 11.2 Å². The van der Waals surface area contributed by atoms with Gasteiger partial charge in [0.1, 0.15) is 32.1 Å². The number of carbonyl (C=O) groups is 6. The van der Waals surface area contributed by atoms with Crippen LogP contribution in [0.1, 0.15) is 248 Å². The van der Waals surface area contributed by atoms with Crippen LogP contribution >= 0.6 is 7.82 Å². The minimum atomic E-state index is -4.78. The van der Waals surface area contributed by atoms with E-state index < -0.39 is 94.4 Å². The van der Waals surface area contributed by atoms with E-state index in [2.05, 4.69) is 276 Å². The van der Waals surface area contributed by atoms with Crippen LogP contribution < -0.4 is 32.6 Å². The maximum absolute atomic E-state index is 12.9. The van der Waals surface area contributed by atoms with Crippen LogP contribution in [0.5, 0.6) is 0 Å². The van der Waals surface area contributed by atoms with Crippen LogP contribution in [0.2, 0.25) is 0 Å². The molecule has 0 radical (unpaired) electrons. The molecule has 0 aliphatic carbocycles. The first-order valence-electron chi connectivity index (χ1n) is 40.6. The number of hydrogen-bond acceptors (Lipinski definition) is 62. The summed E-state index contributed by atoms with van der Waals surface area (Å²) < 4.78 is 38.5. The van der Waals surface area contributed by atoms with Gasteiger partial charge in [-0.05, 0) is 83.8 Å². The number of alkyl carbamates (subject to hydrolysis) is 1. The van der Waals surface area contributed by atoms with E-state index in [0.29, 0.717) is 30.5 Å². The fourth-order valence-electron chi connectivity index (χ4n) is 10.2. The van der Waals surface area contributed by atoms with Gasteiger partial charge in [0.05, 0.1) is 31.6 Å². The summed E-state index contributed by atoms with van der Waals surface area (Å²) in [6.45, 7) is 1.79. The van der Waals surface area contributed by atoms with Gasteiger partial charge in [-0.1, -0.05) is 194 Å². The predicted octanol–water partition coefficient (Wildman–Crippen LogP) is 9.37. The molecule has 3 rings (SSSR count). The number of nitrogens with zero attached hydrogens (tertiary/aromatic N) is 3. The molecule has 2 heterocycles. The molecule has 0 aliphatic heterocycles. The number of esters is 2. The molecule has 0 saturated heterocycles. The molecular weight excluding hydrogens is 1880 g/mol. The average Bonchev–Trinajstić information content (AvgIpc) is 0.810. The van der Waals surface area contributed by atoms with Crippen LogP contribution in [0, 0.1) is 0 Å². The number of aliphatic carboxylic acids is 1. The predicted molar refractivity (Wildman–Crippen MR) is 395 cm³/mol. The second-order valence-corrected chi connectivity index (χ2v) is 27.3. The number of carbonyl (C=O) groups excluding carboxylic acids is 5. The van der Waals surface area contributed by atoms with Crippen LogP contribution in [0.4, 0.5) is 16.4 Å². The molecule has 0 spiro atoms. The van der Waals surface area contributed by atoms with Crippen molar-refractivity contribution < 1.29 is 288 Å². The van der Waals surface area contributed by atoms with Gasteiger partial charge >= 0.3 is 31.8 Å². The zero-order valence-electron chi connectivity index (χ0n) is 71.7. The zero-order valence-corrected chi connectivity index (χ0v) is 72.6. The molecule has 0 aliphatic rings. The van der Waals surface area contributed by atoms with E-state index in [1.165, 1.54) is 147 Å². The van der Waals surface area contributed by atoms with Crippen molar-refractivity contribution in [2.75, 3.05) is 50.6 Å². The summed E-state index contributed by atoms with van der Waals surface area (Å²) >= 11 is 0. The summed E-state index contributed by atoms with van der Waals surface area (Å²) in [6, 6.07) is 4.46. The van der Waals surface area contributed by atoms with E-state index >= 15 is 0 Å². The number of aromatic nitrogens is 4. The molecule has 134 heavy (non-hydrogen) atoms. The quantitative estimate of drug-likeness (QED) is 0.00496. The van der Waals surface area contributed by atoms with Crippen molar-refractivity contribution in [3.63, 3.8) is 0 Å². The summed E-state index contributed by atoms with van der Waals surface area (Å²) in [5.41, 5.74) is 6.07. The lowest BCUT2D eigenvalue weighted by Crippen LogP contribution is -2.41. The topological polar surface area (TPSA) is 758 Å². The number of rotatable bonds is 99. The van der Waals surface area contributed by atoms with E-state index in [4.69, 9.17) is 29.0 Å². The molecule has 69 heteroatoms. The van der Waals surface area contributed by atoms with Crippen molar-refractivity contribution >= 4 is 66.4 Å². The molecule has 1 unspecified atom stereocenters. The lowest BCUT2D eigenvalue weighted by Gasteiger charge is -2.20. The van der Waals surface area contributed by atoms with Crippen molar-refractivity contribution in [2.45, 2.75) is 251 Å². The molecule has 0 fully saturated rings. The first-order chi connectivity index (χ1) is 65.6. The van der Waals surface area contributed by atoms with Crippen molar-refractivity contribution in [3.05, 3.63) is 64.5 Å². The summed E-state index contributed by atoms with van der Waals surface area (Å²) in [5, 5.41) is 172. The summed E-state index contributed by atoms with van der Waals surface area (Å²) in [4.78, 5) is 120. The van der Waals surface area contributed by atoms with Crippen LogP contribution in [0.15, 0.2) is 47.7 Å². The third kappa shape index (κ3) is 73.8. The Labute approximate surface area is 754 Å². The Morgan fingerprint density at radius 3 is 1.28 bits per heavy atom. The highest BCUT2D eigenvalue weighted by Crippen LogP contribution is 2.43. The molecule has 9 N–H and O–H groups in total. The highest BCUT2D eigenvalue weighted by Gasteiger charge is 2.27. The number of phosphoric acid groups is 1. The number of nitrogens with two attached hydrogens (primary N) is 1. The molecule has 0 saturated carbocycles. The number of hydrogen-bond donors (Lipinski definition) is 8. The lowest BCUT2D eigenvalue weighted by atomic mass is 10.0. The summed E-state index contributed by atoms with van der Waals surface area (Å²) in [7, 11) is -4.78. The van der Waals surface area contributed by atoms with E-state index in [1.807, 2.05) is 0 Å². The first kappa shape index (κ1) is 120. The number of anilines is 2. The van der Waals surface area contributed by atoms with Gasteiger partial charge in [0.25, 0.3) is 11.5 Å². The Morgan fingerprint density at radius 1 is 0.463 bits per heavy atom. The third-order valence-corrected chi connectivity index (χ3v) is 17.1. The number of ether oxygens (including phenoxy) is 3. The van der Waals surface area contributed by atoms with Gasteiger partial charge in [-0.25, -0.2) is 29.0 Å². The van der Waals surface area contributed by atoms with Crippen molar-refractivity contribution in [1.29, 1.82) is 0 Å². The lowest BCUT2D eigenvalue weighted by molar-refractivity contribution is -0.909. The van der Waals surface area contributed by atoms with E-state index in [0.717, 1.165) is 57.6 Å². The van der Waals surface area contributed by atoms with Gasteiger partial charge < -0.3 is 56.1 Å². The SMILES string of the molecule is CCCCCCCCCCCCCCCCCC(=O)OC[C@H](COP(=O)(O)OCCNC(=O)OCCOOOOOOOOOOOOOOOOOOOOOOOOOOOOOOOOOOOOOOOOOOOO/C=C\NC(=O)CC[C@H](NC(=O)c1ccc(NCc2cnc3nc(N)[nH]c(=O)c3n2)cc1)C(=O)O)OC(=O)CCCCCCCCCCCCCCCCC.